The van der Waals surface area contributed by atoms with Crippen LogP contribution < -0.4 is 10.5 Å². The summed E-state index contributed by atoms with van der Waals surface area (Å²) >= 11 is 0. The molecule has 4 rings (SSSR count). The minimum atomic E-state index is -0.475. The first-order valence-electron chi connectivity index (χ1n) is 7.96. The van der Waals surface area contributed by atoms with E-state index in [1.54, 1.807) is 28.9 Å². The summed E-state index contributed by atoms with van der Waals surface area (Å²) in [5, 5.41) is 4.91. The molecular formula is C19H15FN5O. The van der Waals surface area contributed by atoms with Crippen LogP contribution in [0.25, 0.3) is 22.3 Å². The molecule has 129 valence electrons. The molecule has 2 N–H and O–H groups in total. The van der Waals surface area contributed by atoms with E-state index in [-0.39, 0.29) is 5.82 Å². The molecule has 0 aliphatic rings. The lowest BCUT2D eigenvalue weighted by Crippen LogP contribution is -1.99. The van der Waals surface area contributed by atoms with Gasteiger partial charge in [-0.05, 0) is 31.2 Å². The number of fused-ring (bicyclic) bond motifs is 1. The van der Waals surface area contributed by atoms with E-state index >= 15 is 0 Å². The van der Waals surface area contributed by atoms with Crippen molar-refractivity contribution in [2.24, 2.45) is 0 Å². The molecule has 4 aromatic rings. The molecule has 0 aliphatic heterocycles. The van der Waals surface area contributed by atoms with Gasteiger partial charge in [0.1, 0.15) is 35.2 Å². The monoisotopic (exact) mass is 348 g/mol. The lowest BCUT2D eigenvalue weighted by atomic mass is 10.1. The molecule has 0 aliphatic carbocycles. The van der Waals surface area contributed by atoms with Gasteiger partial charge in [0.2, 0.25) is 0 Å². The summed E-state index contributed by atoms with van der Waals surface area (Å²) in [7, 11) is 0. The Hall–Kier alpha value is -3.48. The Morgan fingerprint density at radius 1 is 1.08 bits per heavy atom. The quantitative estimate of drug-likeness (QED) is 0.606. The van der Waals surface area contributed by atoms with E-state index in [4.69, 9.17) is 10.5 Å². The zero-order valence-electron chi connectivity index (χ0n) is 13.8. The number of benzene rings is 2. The van der Waals surface area contributed by atoms with Crippen molar-refractivity contribution in [3.05, 3.63) is 67.6 Å². The molecule has 7 heteroatoms. The molecule has 1 radical (unpaired) electrons. The Morgan fingerprint density at radius 2 is 1.88 bits per heavy atom. The van der Waals surface area contributed by atoms with Gasteiger partial charge in [0.15, 0.2) is 5.65 Å². The predicted molar refractivity (Wildman–Crippen MR) is 97.0 cm³/mol. The second kappa shape index (κ2) is 6.44. The fraction of sp³-hybridized carbons (Fsp3) is 0.0526. The fourth-order valence-electron chi connectivity index (χ4n) is 2.75. The minimum absolute atomic E-state index is 0.244. The number of ether oxygens (including phenoxy) is 1. The molecule has 0 saturated carbocycles. The van der Waals surface area contributed by atoms with E-state index in [0.29, 0.717) is 40.3 Å². The Bertz CT molecular complexity index is 1080. The van der Waals surface area contributed by atoms with Gasteiger partial charge in [-0.25, -0.2) is 19.0 Å². The molecule has 26 heavy (non-hydrogen) atoms. The molecule has 0 amide bonds. The molecular weight excluding hydrogens is 333 g/mol. The number of aromatic nitrogens is 4. The van der Waals surface area contributed by atoms with E-state index < -0.39 is 5.82 Å². The molecule has 0 atom stereocenters. The third-order valence-electron chi connectivity index (χ3n) is 3.94. The smallest absolute Gasteiger partial charge is 0.163 e. The first kappa shape index (κ1) is 16.0. The van der Waals surface area contributed by atoms with Crippen LogP contribution in [0, 0.1) is 12.7 Å². The van der Waals surface area contributed by atoms with E-state index in [2.05, 4.69) is 22.0 Å². The Labute approximate surface area is 149 Å². The van der Waals surface area contributed by atoms with Crippen molar-refractivity contribution in [3.8, 4) is 22.8 Å². The van der Waals surface area contributed by atoms with Gasteiger partial charge in [0.25, 0.3) is 0 Å². The van der Waals surface area contributed by atoms with Gasteiger partial charge >= 0.3 is 0 Å². The molecule has 0 bridgehead atoms. The number of hydrogen-bond donors (Lipinski definition) is 1. The van der Waals surface area contributed by atoms with E-state index in [0.717, 1.165) is 0 Å². The predicted octanol–water partition coefficient (Wildman–Crippen LogP) is 3.84. The van der Waals surface area contributed by atoms with E-state index in [1.165, 1.54) is 12.4 Å². The molecule has 2 aromatic heterocycles. The van der Waals surface area contributed by atoms with Crippen LogP contribution in [0.5, 0.6) is 11.5 Å². The Morgan fingerprint density at radius 3 is 2.62 bits per heavy atom. The number of anilines is 1. The maximum atomic E-state index is 14.8. The van der Waals surface area contributed by atoms with E-state index in [1.807, 2.05) is 18.2 Å². The van der Waals surface area contributed by atoms with Gasteiger partial charge in [-0.15, -0.1) is 0 Å². The number of hydrogen-bond acceptors (Lipinski definition) is 5. The van der Waals surface area contributed by atoms with Crippen LogP contribution >= 0.6 is 0 Å². The molecule has 0 spiro atoms. The van der Waals surface area contributed by atoms with Crippen molar-refractivity contribution < 1.29 is 9.13 Å². The average Bonchev–Trinajstić information content (AvgIpc) is 3.03. The first-order valence-corrected chi connectivity index (χ1v) is 7.96. The Balaban J connectivity index is 1.78. The minimum Gasteiger partial charge on any atom is -0.457 e. The highest BCUT2D eigenvalue weighted by Crippen LogP contribution is 2.33. The Kier molecular flexibility index (Phi) is 3.96. The normalized spacial score (nSPS) is 11.0. The van der Waals surface area contributed by atoms with Gasteiger partial charge in [0, 0.05) is 18.2 Å². The number of nitrogens with two attached hydrogens (primary N) is 1. The highest BCUT2D eigenvalue weighted by atomic mass is 19.1. The number of nitrogens with zero attached hydrogens (tertiary/aromatic N) is 4. The maximum absolute atomic E-state index is 14.8. The summed E-state index contributed by atoms with van der Waals surface area (Å²) < 4.78 is 22.0. The van der Waals surface area contributed by atoms with Crippen LogP contribution in [0.4, 0.5) is 10.2 Å². The lowest BCUT2D eigenvalue weighted by Gasteiger charge is -2.07. The summed E-state index contributed by atoms with van der Waals surface area (Å²) in [6.45, 7) is 4.15. The molecule has 0 fully saturated rings. The highest BCUT2D eigenvalue weighted by molar-refractivity contribution is 5.98. The van der Waals surface area contributed by atoms with Crippen molar-refractivity contribution in [3.63, 3.8) is 0 Å². The van der Waals surface area contributed by atoms with Crippen molar-refractivity contribution in [1.82, 2.24) is 19.7 Å². The van der Waals surface area contributed by atoms with Crippen LogP contribution in [-0.4, -0.2) is 19.7 Å². The number of rotatable bonds is 4. The third kappa shape index (κ3) is 2.73. The molecule has 0 saturated heterocycles. The van der Waals surface area contributed by atoms with Crippen molar-refractivity contribution in [2.75, 3.05) is 5.73 Å². The number of halogens is 1. The van der Waals surface area contributed by atoms with Crippen LogP contribution in [0.2, 0.25) is 0 Å². The zero-order valence-corrected chi connectivity index (χ0v) is 13.8. The number of nitrogen functional groups attached to an aromatic ring is 1. The summed E-state index contributed by atoms with van der Waals surface area (Å²) in [5.74, 6) is 0.789. The van der Waals surface area contributed by atoms with Crippen LogP contribution in [0.3, 0.4) is 0 Å². The van der Waals surface area contributed by atoms with Gasteiger partial charge in [-0.1, -0.05) is 18.2 Å². The van der Waals surface area contributed by atoms with E-state index in [9.17, 15) is 4.39 Å². The summed E-state index contributed by atoms with van der Waals surface area (Å²) in [5.41, 5.74) is 7.17. The molecule has 2 aromatic carbocycles. The van der Waals surface area contributed by atoms with Gasteiger partial charge in [0.05, 0.1) is 5.39 Å². The summed E-state index contributed by atoms with van der Waals surface area (Å²) in [6, 6.07) is 13.8. The molecule has 2 heterocycles. The second-order valence-electron chi connectivity index (χ2n) is 5.59. The standard InChI is InChI=1S/C19H15FN5O/c1-2-25-19-16(18(21)22-11-23-19)17(24-25)14-9-8-13(10-15(14)20)26-12-6-4-3-5-7-12/h3-11H,1-2H2,(H2,21,22,23). The SMILES string of the molecule is [CH2]Cn1nc(-c2ccc(Oc3ccccc3)cc2F)c2c(N)ncnc21. The van der Waals surface area contributed by atoms with Crippen molar-refractivity contribution in [1.29, 1.82) is 0 Å². The summed E-state index contributed by atoms with van der Waals surface area (Å²) in [6.07, 6.45) is 1.35. The van der Waals surface area contributed by atoms with Crippen molar-refractivity contribution in [2.45, 2.75) is 6.54 Å². The van der Waals surface area contributed by atoms with Crippen LogP contribution in [-0.2, 0) is 6.54 Å². The zero-order chi connectivity index (χ0) is 18.1. The van der Waals surface area contributed by atoms with Crippen LogP contribution in [0.1, 0.15) is 0 Å². The third-order valence-corrected chi connectivity index (χ3v) is 3.94. The summed E-state index contributed by atoms with van der Waals surface area (Å²) in [4.78, 5) is 8.17. The molecule has 0 unspecified atom stereocenters. The second-order valence-corrected chi connectivity index (χ2v) is 5.59. The first-order chi connectivity index (χ1) is 12.7. The lowest BCUT2D eigenvalue weighted by molar-refractivity contribution is 0.477. The molecule has 6 nitrogen and oxygen atoms in total. The van der Waals surface area contributed by atoms with Gasteiger partial charge < -0.3 is 10.5 Å². The maximum Gasteiger partial charge on any atom is 0.163 e. The fourth-order valence-corrected chi connectivity index (χ4v) is 2.75. The largest absolute Gasteiger partial charge is 0.457 e. The van der Waals surface area contributed by atoms with Gasteiger partial charge in [-0.3, -0.25) is 0 Å². The average molecular weight is 348 g/mol. The number of para-hydroxylation sites is 1. The van der Waals surface area contributed by atoms with Crippen molar-refractivity contribution >= 4 is 16.9 Å². The van der Waals surface area contributed by atoms with Crippen LogP contribution in [0.15, 0.2) is 54.9 Å². The highest BCUT2D eigenvalue weighted by Gasteiger charge is 2.19. The van der Waals surface area contributed by atoms with Gasteiger partial charge in [-0.2, -0.15) is 5.10 Å². The topological polar surface area (TPSA) is 78.9 Å².